The molecule has 0 spiro atoms. The number of halogens is 1. The summed E-state index contributed by atoms with van der Waals surface area (Å²) in [6.07, 6.45) is 3.28. The zero-order valence-corrected chi connectivity index (χ0v) is 11.2. The van der Waals surface area contributed by atoms with Crippen LogP contribution in [0.3, 0.4) is 0 Å². The molecule has 88 valence electrons. The van der Waals surface area contributed by atoms with E-state index < -0.39 is 0 Å². The molecule has 2 N–H and O–H groups in total. The van der Waals surface area contributed by atoms with Crippen molar-refractivity contribution < 1.29 is 4.74 Å². The van der Waals surface area contributed by atoms with Crippen LogP contribution in [0, 0.1) is 13.8 Å². The number of nitrogen functional groups attached to an aromatic ring is 1. The molecule has 0 saturated carbocycles. The Bertz CT molecular complexity index is 540. The third kappa shape index (κ3) is 2.74. The van der Waals surface area contributed by atoms with Crippen molar-refractivity contribution in [3.05, 3.63) is 40.1 Å². The third-order valence-electron chi connectivity index (χ3n) is 2.36. The van der Waals surface area contributed by atoms with E-state index in [9.17, 15) is 0 Å². The van der Waals surface area contributed by atoms with E-state index in [-0.39, 0.29) is 0 Å². The standard InChI is InChI=1S/C12H12BrN3O/c1-7-4-11(8(2)3-10(7)14)17-12-15-5-9(13)6-16-12/h3-6H,14H2,1-2H3. The number of ether oxygens (including phenoxy) is 1. The summed E-state index contributed by atoms with van der Waals surface area (Å²) in [5.74, 6) is 0.721. The predicted molar refractivity (Wildman–Crippen MR) is 70.1 cm³/mol. The Morgan fingerprint density at radius 3 is 2.41 bits per heavy atom. The maximum atomic E-state index is 5.81. The van der Waals surface area contributed by atoms with E-state index in [4.69, 9.17) is 10.5 Å². The number of benzene rings is 1. The SMILES string of the molecule is Cc1cc(Oc2ncc(Br)cn2)c(C)cc1N. The molecule has 4 nitrogen and oxygen atoms in total. The zero-order valence-electron chi connectivity index (χ0n) is 9.57. The summed E-state index contributed by atoms with van der Waals surface area (Å²) in [5, 5.41) is 0. The Balaban J connectivity index is 2.30. The summed E-state index contributed by atoms with van der Waals surface area (Å²) in [4.78, 5) is 8.11. The summed E-state index contributed by atoms with van der Waals surface area (Å²) in [5.41, 5.74) is 8.50. The van der Waals surface area contributed by atoms with Crippen molar-refractivity contribution in [2.75, 3.05) is 5.73 Å². The van der Waals surface area contributed by atoms with Gasteiger partial charge in [0.15, 0.2) is 0 Å². The average Bonchev–Trinajstić information content (AvgIpc) is 2.29. The molecule has 17 heavy (non-hydrogen) atoms. The molecule has 0 radical (unpaired) electrons. The highest BCUT2D eigenvalue weighted by Gasteiger charge is 2.06. The van der Waals surface area contributed by atoms with Gasteiger partial charge in [-0.2, -0.15) is 0 Å². The first-order valence-corrected chi connectivity index (χ1v) is 5.87. The van der Waals surface area contributed by atoms with Gasteiger partial charge in [0.05, 0.1) is 4.47 Å². The van der Waals surface area contributed by atoms with Gasteiger partial charge in [0.1, 0.15) is 5.75 Å². The molecule has 0 fully saturated rings. The van der Waals surface area contributed by atoms with Gasteiger partial charge in [-0.3, -0.25) is 0 Å². The smallest absolute Gasteiger partial charge is 0.321 e. The molecule has 1 aromatic heterocycles. The Morgan fingerprint density at radius 2 is 1.76 bits per heavy atom. The predicted octanol–water partition coefficient (Wildman–Crippen LogP) is 3.23. The molecule has 0 atom stereocenters. The van der Waals surface area contributed by atoms with E-state index in [0.29, 0.717) is 6.01 Å². The monoisotopic (exact) mass is 293 g/mol. The number of aromatic nitrogens is 2. The van der Waals surface area contributed by atoms with Crippen molar-refractivity contribution in [1.82, 2.24) is 9.97 Å². The maximum absolute atomic E-state index is 5.81. The molecule has 1 aromatic carbocycles. The van der Waals surface area contributed by atoms with E-state index in [2.05, 4.69) is 25.9 Å². The van der Waals surface area contributed by atoms with Crippen LogP contribution in [0.2, 0.25) is 0 Å². The lowest BCUT2D eigenvalue weighted by atomic mass is 10.1. The fourth-order valence-corrected chi connectivity index (χ4v) is 1.58. The quantitative estimate of drug-likeness (QED) is 0.864. The van der Waals surface area contributed by atoms with E-state index in [1.165, 1.54) is 0 Å². The number of aryl methyl sites for hydroxylation is 2. The van der Waals surface area contributed by atoms with Crippen molar-refractivity contribution in [3.63, 3.8) is 0 Å². The molecule has 0 bridgehead atoms. The number of nitrogens with two attached hydrogens (primary N) is 1. The number of hydrogen-bond donors (Lipinski definition) is 1. The summed E-state index contributed by atoms with van der Waals surface area (Å²) in [6, 6.07) is 4.08. The minimum atomic E-state index is 0.320. The normalized spacial score (nSPS) is 10.3. The van der Waals surface area contributed by atoms with Crippen LogP contribution < -0.4 is 10.5 Å². The maximum Gasteiger partial charge on any atom is 0.321 e. The summed E-state index contributed by atoms with van der Waals surface area (Å²) in [7, 11) is 0. The number of anilines is 1. The Hall–Kier alpha value is -1.62. The molecule has 0 aliphatic heterocycles. The second-order valence-corrected chi connectivity index (χ2v) is 4.68. The molecule has 0 unspecified atom stereocenters. The first-order chi connectivity index (χ1) is 8.06. The lowest BCUT2D eigenvalue weighted by Gasteiger charge is -2.09. The Labute approximate surface area is 108 Å². The Kier molecular flexibility index (Phi) is 3.28. The molecule has 1 heterocycles. The van der Waals surface area contributed by atoms with Gasteiger partial charge in [0.2, 0.25) is 0 Å². The first kappa shape index (κ1) is 11.9. The van der Waals surface area contributed by atoms with E-state index in [0.717, 1.165) is 27.0 Å². The molecule has 0 aliphatic rings. The van der Waals surface area contributed by atoms with Crippen LogP contribution in [0.15, 0.2) is 29.0 Å². The Morgan fingerprint density at radius 1 is 1.12 bits per heavy atom. The van der Waals surface area contributed by atoms with Gasteiger partial charge in [0.25, 0.3) is 0 Å². The van der Waals surface area contributed by atoms with Crippen molar-refractivity contribution in [2.45, 2.75) is 13.8 Å². The second kappa shape index (κ2) is 4.71. The second-order valence-electron chi connectivity index (χ2n) is 3.76. The summed E-state index contributed by atoms with van der Waals surface area (Å²) in [6.45, 7) is 3.87. The molecule has 0 amide bonds. The van der Waals surface area contributed by atoms with Crippen LogP contribution in [0.5, 0.6) is 11.8 Å². The van der Waals surface area contributed by atoms with Gasteiger partial charge in [-0.25, -0.2) is 9.97 Å². The van der Waals surface area contributed by atoms with Gasteiger partial charge < -0.3 is 10.5 Å². The van der Waals surface area contributed by atoms with Crippen molar-refractivity contribution in [1.29, 1.82) is 0 Å². The number of nitrogens with zero attached hydrogens (tertiary/aromatic N) is 2. The van der Waals surface area contributed by atoms with E-state index >= 15 is 0 Å². The lowest BCUT2D eigenvalue weighted by molar-refractivity contribution is 0.438. The minimum Gasteiger partial charge on any atom is -0.424 e. The average molecular weight is 294 g/mol. The van der Waals surface area contributed by atoms with Crippen molar-refractivity contribution in [2.24, 2.45) is 0 Å². The molecule has 0 saturated heterocycles. The van der Waals surface area contributed by atoms with Crippen molar-refractivity contribution in [3.8, 4) is 11.8 Å². The van der Waals surface area contributed by atoms with Gasteiger partial charge in [0, 0.05) is 18.1 Å². The number of rotatable bonds is 2. The van der Waals surface area contributed by atoms with Gasteiger partial charge in [-0.15, -0.1) is 0 Å². The third-order valence-corrected chi connectivity index (χ3v) is 2.77. The topological polar surface area (TPSA) is 61.0 Å². The highest BCUT2D eigenvalue weighted by molar-refractivity contribution is 9.10. The highest BCUT2D eigenvalue weighted by Crippen LogP contribution is 2.27. The number of hydrogen-bond acceptors (Lipinski definition) is 4. The highest BCUT2D eigenvalue weighted by atomic mass is 79.9. The fraction of sp³-hybridized carbons (Fsp3) is 0.167. The largest absolute Gasteiger partial charge is 0.424 e. The fourth-order valence-electron chi connectivity index (χ4n) is 1.37. The van der Waals surface area contributed by atoms with Crippen LogP contribution in [-0.4, -0.2) is 9.97 Å². The molecule has 2 rings (SSSR count). The van der Waals surface area contributed by atoms with Crippen LogP contribution >= 0.6 is 15.9 Å². The molecule has 5 heteroatoms. The molecule has 2 aromatic rings. The summed E-state index contributed by atoms with van der Waals surface area (Å²) >= 11 is 3.27. The summed E-state index contributed by atoms with van der Waals surface area (Å²) < 4.78 is 6.42. The first-order valence-electron chi connectivity index (χ1n) is 5.08. The van der Waals surface area contributed by atoms with Crippen LogP contribution in [0.1, 0.15) is 11.1 Å². The van der Waals surface area contributed by atoms with Crippen LogP contribution in [0.4, 0.5) is 5.69 Å². The van der Waals surface area contributed by atoms with Gasteiger partial charge in [-0.1, -0.05) is 0 Å². The molecule has 0 aliphatic carbocycles. The van der Waals surface area contributed by atoms with E-state index in [1.807, 2.05) is 26.0 Å². The van der Waals surface area contributed by atoms with Crippen LogP contribution in [-0.2, 0) is 0 Å². The van der Waals surface area contributed by atoms with E-state index in [1.54, 1.807) is 12.4 Å². The minimum absolute atomic E-state index is 0.320. The van der Waals surface area contributed by atoms with Gasteiger partial charge >= 0.3 is 6.01 Å². The lowest BCUT2D eigenvalue weighted by Crippen LogP contribution is -1.96. The van der Waals surface area contributed by atoms with Gasteiger partial charge in [-0.05, 0) is 53.0 Å². The zero-order chi connectivity index (χ0) is 12.4. The molecular formula is C12H12BrN3O. The molecular weight excluding hydrogens is 282 g/mol. The van der Waals surface area contributed by atoms with Crippen LogP contribution in [0.25, 0.3) is 0 Å². The van der Waals surface area contributed by atoms with Crippen molar-refractivity contribution >= 4 is 21.6 Å².